The van der Waals surface area contributed by atoms with Crippen molar-refractivity contribution in [3.8, 4) is 22.3 Å². The molecule has 0 aliphatic heterocycles. The quantitative estimate of drug-likeness (QED) is 0.125. The smallest absolute Gasteiger partial charge is 1.00 e. The molecule has 0 saturated carbocycles. The van der Waals surface area contributed by atoms with Crippen LogP contribution in [0.25, 0.3) is 65.3 Å². The van der Waals surface area contributed by atoms with Gasteiger partial charge in [-0.15, -0.1) is 69.1 Å². The van der Waals surface area contributed by atoms with Crippen molar-refractivity contribution in [3.05, 3.63) is 155 Å². The SMILES string of the molecule is CC(C)c1cc2c(-c3ccc4c5c(cccc35)CC4)cccc2[cH-]1.CC(C)c1cc2c(-c3ccc4c5c(cccc35)CC4)cccc2[cH-]1.C[Si](C)=[Zr+2].[Cl-].[Cl-]. The first-order valence-corrected chi connectivity index (χ1v) is 25.3. The number of hydrogen-bond acceptors (Lipinski definition) is 0. The van der Waals surface area contributed by atoms with Crippen LogP contribution in [0.15, 0.2) is 121 Å². The number of benzene rings is 6. The molecular formula is C50H48Cl2SiZr-2. The van der Waals surface area contributed by atoms with Gasteiger partial charge in [0.05, 0.1) is 0 Å². The van der Waals surface area contributed by atoms with Crippen LogP contribution in [0.2, 0.25) is 13.1 Å². The monoisotopic (exact) mass is 836 g/mol. The number of halogens is 2. The van der Waals surface area contributed by atoms with Gasteiger partial charge in [0.1, 0.15) is 0 Å². The Morgan fingerprint density at radius 2 is 0.796 bits per heavy atom. The molecule has 8 aromatic rings. The number of fused-ring (bicyclic) bond motifs is 2. The summed E-state index contributed by atoms with van der Waals surface area (Å²) in [6.07, 6.45) is 4.75. The summed E-state index contributed by atoms with van der Waals surface area (Å²) < 4.78 is 0. The van der Waals surface area contributed by atoms with Crippen LogP contribution >= 0.6 is 0 Å². The van der Waals surface area contributed by atoms with E-state index in [1.165, 1.54) is 124 Å². The molecule has 4 heteroatoms. The zero-order valence-corrected chi connectivity index (χ0v) is 37.3. The normalized spacial score (nSPS) is 12.5. The maximum absolute atomic E-state index is 2.39. The Kier molecular flexibility index (Phi) is 12.6. The number of aryl methyl sites for hydroxylation is 4. The average Bonchev–Trinajstić information content (AvgIpc) is 3.95. The Hall–Kier alpha value is -3.26. The van der Waals surface area contributed by atoms with Gasteiger partial charge in [0.25, 0.3) is 0 Å². The van der Waals surface area contributed by atoms with E-state index in [9.17, 15) is 0 Å². The van der Waals surface area contributed by atoms with Crippen LogP contribution in [-0.4, -0.2) is 5.43 Å². The average molecular weight is 839 g/mol. The first kappa shape index (κ1) is 40.4. The van der Waals surface area contributed by atoms with Crippen molar-refractivity contribution in [2.75, 3.05) is 0 Å². The molecule has 0 amide bonds. The van der Waals surface area contributed by atoms with E-state index in [1.54, 1.807) is 23.3 Å². The maximum Gasteiger partial charge on any atom is -1.00 e. The fourth-order valence-electron chi connectivity index (χ4n) is 8.62. The van der Waals surface area contributed by atoms with Gasteiger partial charge in [-0.05, 0) is 92.4 Å². The van der Waals surface area contributed by atoms with E-state index in [0.717, 1.165) is 0 Å². The first-order chi connectivity index (χ1) is 25.2. The minimum Gasteiger partial charge on any atom is -1.00 e. The molecule has 0 bridgehead atoms. The Morgan fingerprint density at radius 1 is 0.463 bits per heavy atom. The maximum atomic E-state index is 2.39. The Balaban J connectivity index is 0.000000162. The molecule has 272 valence electrons. The largest absolute Gasteiger partial charge is 1.00 e. The molecule has 0 unspecified atom stereocenters. The fourth-order valence-corrected chi connectivity index (χ4v) is 8.62. The van der Waals surface area contributed by atoms with Gasteiger partial charge >= 0.3 is 41.9 Å². The van der Waals surface area contributed by atoms with Crippen LogP contribution in [0, 0.1) is 0 Å². The van der Waals surface area contributed by atoms with Crippen LogP contribution in [0.4, 0.5) is 0 Å². The summed E-state index contributed by atoms with van der Waals surface area (Å²) in [5.74, 6) is 1.14. The third-order valence-corrected chi connectivity index (χ3v) is 11.2. The summed E-state index contributed by atoms with van der Waals surface area (Å²) in [4.78, 5) is 0. The Labute approximate surface area is 349 Å². The summed E-state index contributed by atoms with van der Waals surface area (Å²) in [5, 5.41) is 11.3. The topological polar surface area (TPSA) is 0 Å². The van der Waals surface area contributed by atoms with E-state index in [-0.39, 0.29) is 30.2 Å². The van der Waals surface area contributed by atoms with Crippen LogP contribution in [-0.2, 0) is 49.0 Å². The van der Waals surface area contributed by atoms with Gasteiger partial charge in [0, 0.05) is 0 Å². The van der Waals surface area contributed by atoms with Crippen molar-refractivity contribution < 1.29 is 48.1 Å². The second-order valence-corrected chi connectivity index (χ2v) is 25.1. The van der Waals surface area contributed by atoms with Gasteiger partial charge in [-0.2, -0.15) is 12.1 Å². The standard InChI is InChI=1S/2C24H21.C2H6Si.2ClH.Zr/c2*1-15(2)19-13-18-6-4-7-20(23(18)14-19)21-12-11-17-10-9-16-5-3-8-22(21)24(16)17;1-3-2;;;/h2*3-8,11-15H,9-10H2,1-2H3;1-2H3;2*1H;/q2*-1;;;;+2/p-2. The molecule has 0 heterocycles. The summed E-state index contributed by atoms with van der Waals surface area (Å²) in [5.41, 5.74) is 14.6. The zero-order valence-electron chi connectivity index (χ0n) is 32.3. The minimum absolute atomic E-state index is 0. The number of rotatable bonds is 4. The van der Waals surface area contributed by atoms with Crippen LogP contribution in [0.5, 0.6) is 0 Å². The van der Waals surface area contributed by atoms with Gasteiger partial charge in [0.15, 0.2) is 0 Å². The molecular weight excluding hydrogens is 791 g/mol. The van der Waals surface area contributed by atoms with E-state index in [4.69, 9.17) is 0 Å². The summed E-state index contributed by atoms with van der Waals surface area (Å²) >= 11 is 1.74. The van der Waals surface area contributed by atoms with Crippen molar-refractivity contribution in [2.45, 2.75) is 78.3 Å². The fraction of sp³-hybridized carbons (Fsp3) is 0.240. The van der Waals surface area contributed by atoms with Crippen molar-refractivity contribution in [3.63, 3.8) is 0 Å². The zero-order chi connectivity index (χ0) is 36.1. The molecule has 0 aromatic heterocycles. The molecule has 0 atom stereocenters. The van der Waals surface area contributed by atoms with Gasteiger partial charge in [-0.25, -0.2) is 0 Å². The van der Waals surface area contributed by atoms with E-state index in [1.807, 2.05) is 0 Å². The van der Waals surface area contributed by atoms with E-state index in [2.05, 4.69) is 162 Å². The van der Waals surface area contributed by atoms with E-state index >= 15 is 0 Å². The molecule has 0 nitrogen and oxygen atoms in total. The minimum atomic E-state index is 0. The van der Waals surface area contributed by atoms with Crippen LogP contribution < -0.4 is 24.8 Å². The van der Waals surface area contributed by atoms with E-state index < -0.39 is 0 Å². The van der Waals surface area contributed by atoms with Crippen molar-refractivity contribution in [1.29, 1.82) is 0 Å². The molecule has 2 aliphatic rings. The predicted octanol–water partition coefficient (Wildman–Crippen LogP) is 7.99. The molecule has 0 spiro atoms. The third kappa shape index (κ3) is 7.62. The summed E-state index contributed by atoms with van der Waals surface area (Å²) in [6, 6.07) is 45.9. The predicted molar refractivity (Wildman–Crippen MR) is 225 cm³/mol. The van der Waals surface area contributed by atoms with Gasteiger partial charge in [0.2, 0.25) is 0 Å². The second-order valence-electron chi connectivity index (χ2n) is 15.7. The summed E-state index contributed by atoms with van der Waals surface area (Å²) in [6.45, 7) is 13.7. The van der Waals surface area contributed by atoms with Crippen molar-refractivity contribution in [2.24, 2.45) is 0 Å². The van der Waals surface area contributed by atoms with E-state index in [0.29, 0.717) is 11.8 Å². The molecule has 2 aliphatic carbocycles. The van der Waals surface area contributed by atoms with Crippen LogP contribution in [0.1, 0.15) is 72.9 Å². The first-order valence-electron chi connectivity index (χ1n) is 19.2. The molecule has 54 heavy (non-hydrogen) atoms. The van der Waals surface area contributed by atoms with Crippen LogP contribution in [0.3, 0.4) is 0 Å². The molecule has 8 aromatic carbocycles. The molecule has 0 fully saturated rings. The van der Waals surface area contributed by atoms with Crippen molar-refractivity contribution in [1.82, 2.24) is 0 Å². The Morgan fingerprint density at radius 3 is 1.17 bits per heavy atom. The molecule has 0 saturated heterocycles. The summed E-state index contributed by atoms with van der Waals surface area (Å²) in [7, 11) is 0. The van der Waals surface area contributed by atoms with Gasteiger partial charge in [-0.1, -0.05) is 112 Å². The molecule has 0 radical (unpaired) electrons. The number of hydrogen-bond donors (Lipinski definition) is 0. The molecule has 0 N–H and O–H groups in total. The van der Waals surface area contributed by atoms with Crippen molar-refractivity contribution >= 4 is 48.5 Å². The Bertz CT molecular complexity index is 2430. The molecule has 10 rings (SSSR count). The third-order valence-electron chi connectivity index (χ3n) is 11.2. The van der Waals surface area contributed by atoms with Gasteiger partial charge in [-0.3, -0.25) is 0 Å². The van der Waals surface area contributed by atoms with Gasteiger partial charge < -0.3 is 24.8 Å². The second kappa shape index (κ2) is 16.9.